The molecule has 1 unspecified atom stereocenters. The van der Waals surface area contributed by atoms with Crippen LogP contribution in [0.4, 0.5) is 4.79 Å². The van der Waals surface area contributed by atoms with E-state index in [9.17, 15) is 14.7 Å². The zero-order chi connectivity index (χ0) is 31.1. The highest BCUT2D eigenvalue weighted by atomic mass is 16.5. The van der Waals surface area contributed by atoms with Crippen LogP contribution in [0.1, 0.15) is 101 Å². The summed E-state index contributed by atoms with van der Waals surface area (Å²) < 4.78 is 24.1. The normalized spacial score (nSPS) is 20.9. The van der Waals surface area contributed by atoms with Gasteiger partial charge in [0.1, 0.15) is 17.0 Å². The molecule has 0 spiro atoms. The van der Waals surface area contributed by atoms with Gasteiger partial charge in [-0.25, -0.2) is 9.59 Å². The lowest BCUT2D eigenvalue weighted by molar-refractivity contribution is -0.156. The van der Waals surface area contributed by atoms with E-state index in [1.54, 1.807) is 4.90 Å². The predicted octanol–water partition coefficient (Wildman–Crippen LogP) is 6.54. The highest BCUT2D eigenvalue weighted by Crippen LogP contribution is 2.51. The summed E-state index contributed by atoms with van der Waals surface area (Å²) >= 11 is 0. The molecule has 2 aromatic rings. The summed E-state index contributed by atoms with van der Waals surface area (Å²) in [6.45, 7) is 13.8. The molecule has 0 aromatic heterocycles. The predicted molar refractivity (Wildman–Crippen MR) is 165 cm³/mol. The number of amides is 2. The summed E-state index contributed by atoms with van der Waals surface area (Å²) in [5.41, 5.74) is 2.64. The average molecular weight is 597 g/mol. The van der Waals surface area contributed by atoms with Crippen LogP contribution in [0.25, 0.3) is 0 Å². The Bertz CT molecular complexity index is 1240. The second-order valence-electron chi connectivity index (χ2n) is 11.6. The third-order valence-corrected chi connectivity index (χ3v) is 8.60. The van der Waals surface area contributed by atoms with Crippen LogP contribution in [0.3, 0.4) is 0 Å². The minimum Gasteiger partial charge on any atom is -0.493 e. The van der Waals surface area contributed by atoms with E-state index in [0.29, 0.717) is 25.7 Å². The van der Waals surface area contributed by atoms with Crippen LogP contribution >= 0.6 is 0 Å². The first kappa shape index (κ1) is 32.6. The standard InChI is InChI=1S/C34H48N2O7/c1-7-40-27-20-34(21-27,32(37)38)35-33(39)36(17-18-43-24(6)25-13-11-10-12-14-25)23(5)28-19-29(41-8-2)30(26-15-16-26)31(22(28)4)42-9-3/h10-14,19,23-24,26-27H,7-9,15-18,20-21H2,1-6H3,(H,35,39)(H,37,38)/t23?,24-,27?,34?/m0/s1. The fourth-order valence-corrected chi connectivity index (χ4v) is 6.03. The Morgan fingerprint density at radius 1 is 1.05 bits per heavy atom. The minimum atomic E-state index is -1.37. The maximum absolute atomic E-state index is 14.0. The summed E-state index contributed by atoms with van der Waals surface area (Å²) in [6.07, 6.45) is 2.29. The van der Waals surface area contributed by atoms with Crippen molar-refractivity contribution in [3.63, 3.8) is 0 Å². The van der Waals surface area contributed by atoms with Crippen molar-refractivity contribution in [1.82, 2.24) is 10.2 Å². The van der Waals surface area contributed by atoms with Crippen LogP contribution in [0.5, 0.6) is 11.5 Å². The van der Waals surface area contributed by atoms with Crippen LogP contribution in [-0.2, 0) is 14.3 Å². The molecule has 2 saturated carbocycles. The number of urea groups is 1. The van der Waals surface area contributed by atoms with Gasteiger partial charge in [-0.05, 0) is 83.1 Å². The zero-order valence-corrected chi connectivity index (χ0v) is 26.5. The van der Waals surface area contributed by atoms with Gasteiger partial charge in [-0.2, -0.15) is 0 Å². The van der Waals surface area contributed by atoms with Crippen molar-refractivity contribution in [3.8, 4) is 11.5 Å². The molecule has 0 radical (unpaired) electrons. The molecule has 0 heterocycles. The SMILES string of the molecule is CCOc1cc(C(C)N(CCO[C@@H](C)c2ccccc2)C(=O)NC2(C(=O)O)CC(OCC)C2)c(C)c(OCC)c1C1CC1. The Balaban J connectivity index is 1.64. The van der Waals surface area contributed by atoms with E-state index >= 15 is 0 Å². The van der Waals surface area contributed by atoms with E-state index in [1.165, 1.54) is 0 Å². The first-order valence-corrected chi connectivity index (χ1v) is 15.7. The second kappa shape index (κ2) is 14.4. The Hall–Kier alpha value is -3.30. The Morgan fingerprint density at radius 2 is 1.72 bits per heavy atom. The number of benzene rings is 2. The van der Waals surface area contributed by atoms with Gasteiger partial charge in [0.15, 0.2) is 0 Å². The van der Waals surface area contributed by atoms with Crippen LogP contribution in [0, 0.1) is 6.92 Å². The summed E-state index contributed by atoms with van der Waals surface area (Å²) in [4.78, 5) is 28.0. The van der Waals surface area contributed by atoms with E-state index in [4.69, 9.17) is 18.9 Å². The average Bonchev–Trinajstić information content (AvgIpc) is 3.81. The molecule has 9 heteroatoms. The van der Waals surface area contributed by atoms with E-state index in [1.807, 2.05) is 77.9 Å². The number of carboxylic acids is 1. The van der Waals surface area contributed by atoms with E-state index in [0.717, 1.165) is 46.6 Å². The summed E-state index contributed by atoms with van der Waals surface area (Å²) in [5, 5.41) is 13.0. The lowest BCUT2D eigenvalue weighted by Gasteiger charge is -2.45. The number of ether oxygens (including phenoxy) is 4. The number of hydrogen-bond acceptors (Lipinski definition) is 6. The van der Waals surface area contributed by atoms with Gasteiger partial charge in [0.25, 0.3) is 0 Å². The Morgan fingerprint density at radius 3 is 2.30 bits per heavy atom. The molecular formula is C34H48N2O7. The molecule has 43 heavy (non-hydrogen) atoms. The van der Waals surface area contributed by atoms with E-state index in [2.05, 4.69) is 5.32 Å². The molecule has 2 aliphatic rings. The van der Waals surface area contributed by atoms with Crippen molar-refractivity contribution in [2.75, 3.05) is 33.0 Å². The van der Waals surface area contributed by atoms with E-state index < -0.39 is 23.6 Å². The lowest BCUT2D eigenvalue weighted by Crippen LogP contribution is -2.66. The topological polar surface area (TPSA) is 107 Å². The monoisotopic (exact) mass is 596 g/mol. The highest BCUT2D eigenvalue weighted by Gasteiger charge is 2.53. The molecular weight excluding hydrogens is 548 g/mol. The fourth-order valence-electron chi connectivity index (χ4n) is 6.03. The van der Waals surface area contributed by atoms with Crippen molar-refractivity contribution in [1.29, 1.82) is 0 Å². The van der Waals surface area contributed by atoms with Gasteiger partial charge < -0.3 is 34.3 Å². The highest BCUT2D eigenvalue weighted by molar-refractivity contribution is 5.87. The molecule has 4 rings (SSSR count). The zero-order valence-electron chi connectivity index (χ0n) is 26.5. The number of rotatable bonds is 16. The largest absolute Gasteiger partial charge is 0.493 e. The summed E-state index contributed by atoms with van der Waals surface area (Å²) in [7, 11) is 0. The van der Waals surface area contributed by atoms with Gasteiger partial charge in [0, 0.05) is 31.6 Å². The van der Waals surface area contributed by atoms with Gasteiger partial charge in [-0.1, -0.05) is 30.3 Å². The summed E-state index contributed by atoms with van der Waals surface area (Å²) in [6, 6.07) is 11.1. The molecule has 236 valence electrons. The Labute approximate surface area is 255 Å². The number of nitrogens with one attached hydrogen (secondary N) is 1. The van der Waals surface area contributed by atoms with Crippen LogP contribution in [0.15, 0.2) is 36.4 Å². The molecule has 0 bridgehead atoms. The summed E-state index contributed by atoms with van der Waals surface area (Å²) in [5.74, 6) is 0.967. The van der Waals surface area contributed by atoms with Gasteiger partial charge in [-0.3, -0.25) is 0 Å². The van der Waals surface area contributed by atoms with Crippen LogP contribution < -0.4 is 14.8 Å². The number of carboxylic acid groups (broad SMARTS) is 1. The number of aliphatic carboxylic acids is 1. The number of carbonyl (C=O) groups excluding carboxylic acids is 1. The van der Waals surface area contributed by atoms with Crippen molar-refractivity contribution < 1.29 is 33.6 Å². The molecule has 2 atom stereocenters. The fraction of sp³-hybridized carbons (Fsp3) is 0.588. The van der Waals surface area contributed by atoms with Crippen LogP contribution in [0.2, 0.25) is 0 Å². The first-order chi connectivity index (χ1) is 20.7. The van der Waals surface area contributed by atoms with Gasteiger partial charge in [0.05, 0.1) is 38.1 Å². The second-order valence-corrected chi connectivity index (χ2v) is 11.6. The molecule has 2 amide bonds. The molecule has 2 N–H and O–H groups in total. The molecule has 0 aliphatic heterocycles. The number of carbonyl (C=O) groups is 2. The van der Waals surface area contributed by atoms with E-state index in [-0.39, 0.29) is 38.2 Å². The van der Waals surface area contributed by atoms with Crippen molar-refractivity contribution >= 4 is 12.0 Å². The molecule has 2 fully saturated rings. The maximum Gasteiger partial charge on any atom is 0.329 e. The van der Waals surface area contributed by atoms with Gasteiger partial charge in [-0.15, -0.1) is 0 Å². The third-order valence-electron chi connectivity index (χ3n) is 8.60. The van der Waals surface area contributed by atoms with Crippen molar-refractivity contribution in [3.05, 3.63) is 58.7 Å². The van der Waals surface area contributed by atoms with Crippen molar-refractivity contribution in [2.45, 2.75) is 96.9 Å². The quantitative estimate of drug-likeness (QED) is 0.227. The van der Waals surface area contributed by atoms with Crippen molar-refractivity contribution in [2.24, 2.45) is 0 Å². The first-order valence-electron chi connectivity index (χ1n) is 15.7. The maximum atomic E-state index is 14.0. The molecule has 9 nitrogen and oxygen atoms in total. The molecule has 2 aromatic carbocycles. The smallest absolute Gasteiger partial charge is 0.329 e. The van der Waals surface area contributed by atoms with Crippen LogP contribution in [-0.4, -0.2) is 66.6 Å². The molecule has 2 aliphatic carbocycles. The lowest BCUT2D eigenvalue weighted by atomic mass is 9.74. The van der Waals surface area contributed by atoms with Gasteiger partial charge >= 0.3 is 12.0 Å². The minimum absolute atomic E-state index is 0.168. The number of nitrogens with zero attached hydrogens (tertiary/aromatic N) is 1. The molecule has 0 saturated heterocycles. The third kappa shape index (κ3) is 7.44. The van der Waals surface area contributed by atoms with Gasteiger partial charge in [0.2, 0.25) is 0 Å². The Kier molecular flexibility index (Phi) is 11.0. The number of hydrogen-bond donors (Lipinski definition) is 2.